The Morgan fingerprint density at radius 2 is 2.10 bits per heavy atom. The minimum atomic E-state index is -0.879. The molecule has 114 valence electrons. The van der Waals surface area contributed by atoms with E-state index in [9.17, 15) is 9.59 Å². The van der Waals surface area contributed by atoms with Crippen LogP contribution in [0.2, 0.25) is 0 Å². The zero-order valence-electron chi connectivity index (χ0n) is 12.9. The Morgan fingerprint density at radius 1 is 1.43 bits per heavy atom. The van der Waals surface area contributed by atoms with Crippen LogP contribution in [0.5, 0.6) is 0 Å². The lowest BCUT2D eigenvalue weighted by Gasteiger charge is -2.41. The Balaban J connectivity index is 2.36. The van der Waals surface area contributed by atoms with E-state index in [0.717, 1.165) is 0 Å². The molecule has 0 aromatic carbocycles. The Kier molecular flexibility index (Phi) is 3.89. The first-order valence-corrected chi connectivity index (χ1v) is 7.12. The molecule has 2 rings (SSSR count). The molecule has 1 fully saturated rings. The number of amides is 2. The highest BCUT2D eigenvalue weighted by Crippen LogP contribution is 2.23. The molecule has 6 nitrogen and oxygen atoms in total. The summed E-state index contributed by atoms with van der Waals surface area (Å²) in [6, 6.07) is 3.32. The minimum absolute atomic E-state index is 0.135. The van der Waals surface area contributed by atoms with E-state index >= 15 is 0 Å². The van der Waals surface area contributed by atoms with E-state index in [1.807, 2.05) is 13.8 Å². The molecule has 1 aliphatic rings. The predicted molar refractivity (Wildman–Crippen MR) is 80.9 cm³/mol. The molecule has 2 heterocycles. The number of pyridine rings is 1. The highest BCUT2D eigenvalue weighted by molar-refractivity contribution is 5.98. The molecule has 1 saturated heterocycles. The van der Waals surface area contributed by atoms with Gasteiger partial charge in [-0.15, -0.1) is 0 Å². The number of piperazine rings is 1. The molecule has 1 aliphatic heterocycles. The number of nitrogen functional groups attached to an aromatic ring is 1. The van der Waals surface area contributed by atoms with E-state index in [0.29, 0.717) is 30.2 Å². The zero-order chi connectivity index (χ0) is 15.8. The summed E-state index contributed by atoms with van der Waals surface area (Å²) in [5.74, 6) is -0.256. The van der Waals surface area contributed by atoms with Gasteiger partial charge in [0.1, 0.15) is 11.2 Å². The van der Waals surface area contributed by atoms with E-state index in [1.165, 1.54) is 0 Å². The van der Waals surface area contributed by atoms with Gasteiger partial charge in [0.15, 0.2) is 0 Å². The number of aromatic nitrogens is 1. The monoisotopic (exact) mass is 290 g/mol. The molecule has 3 N–H and O–H groups in total. The van der Waals surface area contributed by atoms with Crippen LogP contribution in [0.25, 0.3) is 0 Å². The van der Waals surface area contributed by atoms with Gasteiger partial charge in [-0.3, -0.25) is 9.59 Å². The highest BCUT2D eigenvalue weighted by atomic mass is 16.2. The summed E-state index contributed by atoms with van der Waals surface area (Å²) in [7, 11) is 0. The third kappa shape index (κ3) is 2.70. The summed E-state index contributed by atoms with van der Waals surface area (Å²) < 4.78 is 0. The standard InChI is InChI=1S/C15H22N4O2/c1-9(2)12-10(16)5-6-11(18-12)13(20)19-8-7-17-14(21)15(19,3)4/h5-6,9H,7-8,16H2,1-4H3,(H,17,21). The Bertz CT molecular complexity index is 581. The maximum Gasteiger partial charge on any atom is 0.273 e. The average molecular weight is 290 g/mol. The van der Waals surface area contributed by atoms with Crippen LogP contribution in [-0.2, 0) is 4.79 Å². The Labute approximate surface area is 124 Å². The van der Waals surface area contributed by atoms with Crippen molar-refractivity contribution in [3.8, 4) is 0 Å². The lowest BCUT2D eigenvalue weighted by molar-refractivity contribution is -0.133. The molecule has 0 atom stereocenters. The SMILES string of the molecule is CC(C)c1nc(C(=O)N2CCNC(=O)C2(C)C)ccc1N. The maximum atomic E-state index is 12.7. The highest BCUT2D eigenvalue weighted by Gasteiger charge is 2.41. The average Bonchev–Trinajstić information content (AvgIpc) is 2.41. The first-order valence-electron chi connectivity index (χ1n) is 7.12. The van der Waals surface area contributed by atoms with Gasteiger partial charge >= 0.3 is 0 Å². The smallest absolute Gasteiger partial charge is 0.273 e. The van der Waals surface area contributed by atoms with Gasteiger partial charge in [-0.05, 0) is 31.9 Å². The van der Waals surface area contributed by atoms with Crippen molar-refractivity contribution < 1.29 is 9.59 Å². The quantitative estimate of drug-likeness (QED) is 0.855. The summed E-state index contributed by atoms with van der Waals surface area (Å²) in [5.41, 5.74) is 6.63. The second kappa shape index (κ2) is 5.35. The lowest BCUT2D eigenvalue weighted by atomic mass is 9.98. The molecule has 2 amide bonds. The Hall–Kier alpha value is -2.11. The van der Waals surface area contributed by atoms with Crippen molar-refractivity contribution in [2.75, 3.05) is 18.8 Å². The summed E-state index contributed by atoms with van der Waals surface area (Å²) in [5, 5.41) is 2.77. The van der Waals surface area contributed by atoms with Crippen molar-refractivity contribution in [3.63, 3.8) is 0 Å². The van der Waals surface area contributed by atoms with Crippen molar-refractivity contribution >= 4 is 17.5 Å². The van der Waals surface area contributed by atoms with Crippen LogP contribution in [-0.4, -0.2) is 40.3 Å². The van der Waals surface area contributed by atoms with Crippen LogP contribution >= 0.6 is 0 Å². The number of hydrogen-bond donors (Lipinski definition) is 2. The molecule has 0 bridgehead atoms. The Morgan fingerprint density at radius 3 is 2.71 bits per heavy atom. The van der Waals surface area contributed by atoms with Crippen LogP contribution in [0.1, 0.15) is 49.8 Å². The van der Waals surface area contributed by atoms with Crippen LogP contribution in [0, 0.1) is 0 Å². The molecule has 1 aromatic rings. The van der Waals surface area contributed by atoms with Gasteiger partial charge in [0.05, 0.1) is 11.4 Å². The number of nitrogens with two attached hydrogens (primary N) is 1. The van der Waals surface area contributed by atoms with Crippen LogP contribution < -0.4 is 11.1 Å². The predicted octanol–water partition coefficient (Wildman–Crippen LogP) is 1.14. The normalized spacial score (nSPS) is 17.8. The van der Waals surface area contributed by atoms with Crippen molar-refractivity contribution in [3.05, 3.63) is 23.5 Å². The van der Waals surface area contributed by atoms with Crippen molar-refractivity contribution in [2.24, 2.45) is 0 Å². The summed E-state index contributed by atoms with van der Waals surface area (Å²) in [4.78, 5) is 30.6. The lowest BCUT2D eigenvalue weighted by Crippen LogP contribution is -2.63. The molecular weight excluding hydrogens is 268 g/mol. The molecule has 6 heteroatoms. The topological polar surface area (TPSA) is 88.3 Å². The summed E-state index contributed by atoms with van der Waals surface area (Å²) in [6.45, 7) is 8.36. The van der Waals surface area contributed by atoms with Gasteiger partial charge in [0.25, 0.3) is 5.91 Å². The number of anilines is 1. The molecule has 1 aromatic heterocycles. The van der Waals surface area contributed by atoms with Crippen molar-refractivity contribution in [1.29, 1.82) is 0 Å². The fourth-order valence-electron chi connectivity index (χ4n) is 2.46. The second-order valence-corrected chi connectivity index (χ2v) is 6.10. The fraction of sp³-hybridized carbons (Fsp3) is 0.533. The van der Waals surface area contributed by atoms with Crippen LogP contribution in [0.15, 0.2) is 12.1 Å². The number of carbonyl (C=O) groups excluding carboxylic acids is 2. The first kappa shape index (κ1) is 15.3. The van der Waals surface area contributed by atoms with E-state index in [4.69, 9.17) is 5.73 Å². The molecule has 0 saturated carbocycles. The number of hydrogen-bond acceptors (Lipinski definition) is 4. The number of rotatable bonds is 2. The van der Waals surface area contributed by atoms with Gasteiger partial charge in [-0.1, -0.05) is 13.8 Å². The summed E-state index contributed by atoms with van der Waals surface area (Å²) in [6.07, 6.45) is 0. The molecule has 0 spiro atoms. The maximum absolute atomic E-state index is 12.7. The van der Waals surface area contributed by atoms with Gasteiger partial charge in [-0.2, -0.15) is 0 Å². The largest absolute Gasteiger partial charge is 0.397 e. The van der Waals surface area contributed by atoms with Crippen molar-refractivity contribution in [1.82, 2.24) is 15.2 Å². The molecule has 0 unspecified atom stereocenters. The molecule has 0 aliphatic carbocycles. The fourth-order valence-corrected chi connectivity index (χ4v) is 2.46. The van der Waals surface area contributed by atoms with E-state index in [2.05, 4.69) is 10.3 Å². The van der Waals surface area contributed by atoms with Gasteiger partial charge in [-0.25, -0.2) is 4.98 Å². The molecule has 0 radical (unpaired) electrons. The van der Waals surface area contributed by atoms with Gasteiger partial charge in [0.2, 0.25) is 5.91 Å². The third-order valence-corrected chi connectivity index (χ3v) is 3.82. The number of nitrogens with zero attached hydrogens (tertiary/aromatic N) is 2. The molecule has 21 heavy (non-hydrogen) atoms. The van der Waals surface area contributed by atoms with Crippen molar-refractivity contribution in [2.45, 2.75) is 39.2 Å². The second-order valence-electron chi connectivity index (χ2n) is 6.10. The van der Waals surface area contributed by atoms with Gasteiger partial charge < -0.3 is 16.0 Å². The van der Waals surface area contributed by atoms with Gasteiger partial charge in [0, 0.05) is 13.1 Å². The van der Waals surface area contributed by atoms with Crippen LogP contribution in [0.3, 0.4) is 0 Å². The number of nitrogens with one attached hydrogen (secondary N) is 1. The van der Waals surface area contributed by atoms with E-state index < -0.39 is 5.54 Å². The molecular formula is C15H22N4O2. The zero-order valence-corrected chi connectivity index (χ0v) is 12.9. The number of carbonyl (C=O) groups is 2. The van der Waals surface area contributed by atoms with Crippen LogP contribution in [0.4, 0.5) is 5.69 Å². The summed E-state index contributed by atoms with van der Waals surface area (Å²) >= 11 is 0. The van der Waals surface area contributed by atoms with E-state index in [1.54, 1.807) is 30.9 Å². The first-order chi connectivity index (χ1) is 9.75. The minimum Gasteiger partial charge on any atom is -0.397 e. The van der Waals surface area contributed by atoms with E-state index in [-0.39, 0.29) is 17.7 Å². The third-order valence-electron chi connectivity index (χ3n) is 3.82.